The summed E-state index contributed by atoms with van der Waals surface area (Å²) < 4.78 is 0. The monoisotopic (exact) mass is 366 g/mol. The van der Waals surface area contributed by atoms with E-state index in [4.69, 9.17) is 23.8 Å². The van der Waals surface area contributed by atoms with Gasteiger partial charge >= 0.3 is 0 Å². The van der Waals surface area contributed by atoms with Gasteiger partial charge in [-0.15, -0.1) is 0 Å². The predicted octanol–water partition coefficient (Wildman–Crippen LogP) is 3.27. The number of likely N-dealkylation sites (tertiary alicyclic amines) is 1. The third-order valence-electron chi connectivity index (χ3n) is 5.85. The van der Waals surface area contributed by atoms with Crippen molar-refractivity contribution in [3.8, 4) is 0 Å². The van der Waals surface area contributed by atoms with Crippen molar-refractivity contribution in [3.05, 3.63) is 28.8 Å². The number of halogens is 1. The summed E-state index contributed by atoms with van der Waals surface area (Å²) >= 11 is 11.8. The zero-order valence-corrected chi connectivity index (χ0v) is 16.3. The lowest BCUT2D eigenvalue weighted by molar-refractivity contribution is -0.931. The Morgan fingerprint density at radius 1 is 1.17 bits per heavy atom. The van der Waals surface area contributed by atoms with Crippen molar-refractivity contribution >= 4 is 34.6 Å². The molecule has 0 radical (unpaired) electrons. The van der Waals surface area contributed by atoms with Gasteiger partial charge < -0.3 is 15.1 Å². The normalized spacial score (nSPS) is 21.0. The van der Waals surface area contributed by atoms with Crippen molar-refractivity contribution in [2.24, 2.45) is 0 Å². The van der Waals surface area contributed by atoms with Gasteiger partial charge in [0.2, 0.25) is 0 Å². The lowest BCUT2D eigenvalue weighted by Gasteiger charge is -2.38. The summed E-state index contributed by atoms with van der Waals surface area (Å²) in [5.41, 5.74) is 2.07. The third-order valence-corrected chi connectivity index (χ3v) is 6.62. The van der Waals surface area contributed by atoms with E-state index in [0.29, 0.717) is 0 Å². The Labute approximate surface area is 156 Å². The van der Waals surface area contributed by atoms with E-state index in [1.54, 1.807) is 4.90 Å². The predicted molar refractivity (Wildman–Crippen MR) is 106 cm³/mol. The van der Waals surface area contributed by atoms with Crippen molar-refractivity contribution in [1.82, 2.24) is 4.90 Å². The highest BCUT2D eigenvalue weighted by Crippen LogP contribution is 2.21. The molecule has 1 aliphatic heterocycles. The molecule has 2 fully saturated rings. The molecular formula is C19H29ClN3S+. The number of benzene rings is 1. The first kappa shape index (κ1) is 18.0. The van der Waals surface area contributed by atoms with Crippen LogP contribution in [0.1, 0.15) is 44.1 Å². The maximum atomic E-state index is 6.20. The van der Waals surface area contributed by atoms with Crippen LogP contribution in [0.4, 0.5) is 5.69 Å². The summed E-state index contributed by atoms with van der Waals surface area (Å²) in [6, 6.07) is 7.70. The molecule has 1 aromatic rings. The molecule has 1 saturated heterocycles. The van der Waals surface area contributed by atoms with E-state index >= 15 is 0 Å². The molecule has 2 aliphatic rings. The average Bonchev–Trinajstić information content (AvgIpc) is 3.12. The van der Waals surface area contributed by atoms with Gasteiger partial charge in [-0.25, -0.2) is 0 Å². The van der Waals surface area contributed by atoms with Crippen LogP contribution >= 0.6 is 23.8 Å². The van der Waals surface area contributed by atoms with Gasteiger partial charge in [0.15, 0.2) is 5.11 Å². The lowest BCUT2D eigenvalue weighted by Crippen LogP contribution is -3.16. The second-order valence-corrected chi connectivity index (χ2v) is 8.17. The van der Waals surface area contributed by atoms with Crippen molar-refractivity contribution < 1.29 is 4.90 Å². The Morgan fingerprint density at radius 3 is 2.42 bits per heavy atom. The Hall–Kier alpha value is -0.840. The van der Waals surface area contributed by atoms with E-state index in [-0.39, 0.29) is 0 Å². The first-order valence-electron chi connectivity index (χ1n) is 9.20. The molecule has 1 aliphatic carbocycles. The summed E-state index contributed by atoms with van der Waals surface area (Å²) in [7, 11) is 2.40. The van der Waals surface area contributed by atoms with Crippen molar-refractivity contribution in [2.75, 3.05) is 25.5 Å². The van der Waals surface area contributed by atoms with Crippen LogP contribution in [0.25, 0.3) is 0 Å². The van der Waals surface area contributed by atoms with Gasteiger partial charge in [-0.2, -0.15) is 0 Å². The van der Waals surface area contributed by atoms with Crippen molar-refractivity contribution in [3.63, 3.8) is 0 Å². The number of quaternary nitrogens is 1. The fourth-order valence-electron chi connectivity index (χ4n) is 4.13. The zero-order valence-electron chi connectivity index (χ0n) is 14.8. The second-order valence-electron chi connectivity index (χ2n) is 7.38. The number of thiocarbonyl (C=S) groups is 1. The van der Waals surface area contributed by atoms with E-state index in [2.05, 4.69) is 17.3 Å². The summed E-state index contributed by atoms with van der Waals surface area (Å²) in [5.74, 6) is 0. The molecule has 24 heavy (non-hydrogen) atoms. The molecule has 1 unspecified atom stereocenters. The third kappa shape index (κ3) is 4.22. The largest absolute Gasteiger partial charge is 0.349 e. The van der Waals surface area contributed by atoms with Crippen LogP contribution in [-0.4, -0.2) is 42.2 Å². The van der Waals surface area contributed by atoms with Gasteiger partial charge in [0, 0.05) is 36.6 Å². The summed E-state index contributed by atoms with van der Waals surface area (Å²) in [5, 5.41) is 4.95. The van der Waals surface area contributed by atoms with E-state index in [0.717, 1.165) is 46.6 Å². The number of hydrogen-bond donors (Lipinski definition) is 2. The number of anilines is 1. The fourth-order valence-corrected chi connectivity index (χ4v) is 4.61. The van der Waals surface area contributed by atoms with Crippen LogP contribution in [0.3, 0.4) is 0 Å². The highest BCUT2D eigenvalue weighted by molar-refractivity contribution is 7.80. The van der Waals surface area contributed by atoms with E-state index < -0.39 is 0 Å². The molecule has 0 bridgehead atoms. The van der Waals surface area contributed by atoms with Crippen LogP contribution in [-0.2, 0) is 0 Å². The summed E-state index contributed by atoms with van der Waals surface area (Å²) in [6.07, 6.45) is 8.15. The number of rotatable bonds is 3. The van der Waals surface area contributed by atoms with Gasteiger partial charge in [-0.3, -0.25) is 0 Å². The molecule has 0 spiro atoms. The average molecular weight is 367 g/mol. The molecule has 0 aromatic heterocycles. The maximum Gasteiger partial charge on any atom is 0.173 e. The quantitative estimate of drug-likeness (QED) is 0.801. The smallest absolute Gasteiger partial charge is 0.173 e. The SMILES string of the molecule is Cc1ccc(NC(=S)N2CCC([NH+](C)C3CCCC3)CC2)cc1Cl. The van der Waals surface area contributed by atoms with Crippen LogP contribution in [0, 0.1) is 6.92 Å². The van der Waals surface area contributed by atoms with Gasteiger partial charge in [-0.1, -0.05) is 17.7 Å². The number of aryl methyl sites for hydroxylation is 1. The number of hydrogen-bond acceptors (Lipinski definition) is 1. The first-order valence-corrected chi connectivity index (χ1v) is 9.98. The molecular weight excluding hydrogens is 338 g/mol. The molecule has 132 valence electrons. The Kier molecular flexibility index (Phi) is 6.01. The minimum atomic E-state index is 0.781. The first-order chi connectivity index (χ1) is 11.5. The minimum absolute atomic E-state index is 0.781. The molecule has 1 saturated carbocycles. The maximum absolute atomic E-state index is 6.20. The van der Waals surface area contributed by atoms with Crippen LogP contribution in [0.15, 0.2) is 18.2 Å². The number of piperidine rings is 1. The Morgan fingerprint density at radius 2 is 1.79 bits per heavy atom. The van der Waals surface area contributed by atoms with Crippen molar-refractivity contribution in [2.45, 2.75) is 57.5 Å². The minimum Gasteiger partial charge on any atom is -0.349 e. The number of nitrogens with zero attached hydrogens (tertiary/aromatic N) is 1. The molecule has 1 atom stereocenters. The molecule has 0 amide bonds. The highest BCUT2D eigenvalue weighted by Gasteiger charge is 2.32. The van der Waals surface area contributed by atoms with Crippen LogP contribution < -0.4 is 10.2 Å². The van der Waals surface area contributed by atoms with Gasteiger partial charge in [0.1, 0.15) is 0 Å². The molecule has 3 nitrogen and oxygen atoms in total. The van der Waals surface area contributed by atoms with Crippen LogP contribution in [0.2, 0.25) is 5.02 Å². The Bertz CT molecular complexity index is 578. The van der Waals surface area contributed by atoms with E-state index in [1.165, 1.54) is 38.5 Å². The molecule has 1 aromatic carbocycles. The lowest BCUT2D eigenvalue weighted by atomic mass is 10.0. The zero-order chi connectivity index (χ0) is 17.1. The van der Waals surface area contributed by atoms with Gasteiger partial charge in [-0.05, 0) is 62.5 Å². The number of nitrogens with one attached hydrogen (secondary N) is 2. The van der Waals surface area contributed by atoms with E-state index in [9.17, 15) is 0 Å². The molecule has 5 heteroatoms. The fraction of sp³-hybridized carbons (Fsp3) is 0.632. The topological polar surface area (TPSA) is 19.7 Å². The summed E-state index contributed by atoms with van der Waals surface area (Å²) in [6.45, 7) is 4.12. The summed E-state index contributed by atoms with van der Waals surface area (Å²) in [4.78, 5) is 4.07. The van der Waals surface area contributed by atoms with E-state index in [1.807, 2.05) is 25.1 Å². The highest BCUT2D eigenvalue weighted by atomic mass is 35.5. The van der Waals surface area contributed by atoms with Gasteiger partial charge in [0.25, 0.3) is 0 Å². The Balaban J connectivity index is 1.50. The van der Waals surface area contributed by atoms with Crippen molar-refractivity contribution in [1.29, 1.82) is 0 Å². The molecule has 3 rings (SSSR count). The van der Waals surface area contributed by atoms with Crippen LogP contribution in [0.5, 0.6) is 0 Å². The van der Waals surface area contributed by atoms with Gasteiger partial charge in [0.05, 0.1) is 19.1 Å². The molecule has 2 N–H and O–H groups in total. The standard InChI is InChI=1S/C19H28ClN3S/c1-14-7-8-15(13-18(14)20)21-19(24)23-11-9-17(10-12-23)22(2)16-5-3-4-6-16/h7-8,13,16-17H,3-6,9-12H2,1-2H3,(H,21,24)/p+1. The molecule has 1 heterocycles. The second kappa shape index (κ2) is 8.03.